The number of hydrogen-bond donors (Lipinski definition) is 0. The van der Waals surface area contributed by atoms with E-state index in [-0.39, 0.29) is 33.4 Å². The van der Waals surface area contributed by atoms with Crippen molar-refractivity contribution < 1.29 is 0 Å². The summed E-state index contributed by atoms with van der Waals surface area (Å²) in [5.41, 5.74) is 14.4. The Morgan fingerprint density at radius 1 is 0.250 bits per heavy atom. The number of hydrogen-bond acceptors (Lipinski definition) is 10. The van der Waals surface area contributed by atoms with E-state index in [1.165, 1.54) is 24.3 Å². The molecule has 14 aromatic rings. The van der Waals surface area contributed by atoms with E-state index in [4.69, 9.17) is 15.0 Å². The summed E-state index contributed by atoms with van der Waals surface area (Å²) in [7, 11) is 0. The first-order valence-corrected chi connectivity index (χ1v) is 27.8. The molecule has 0 saturated carbocycles. The van der Waals surface area contributed by atoms with Crippen LogP contribution in [0.15, 0.2) is 231 Å². The zero-order valence-corrected chi connectivity index (χ0v) is 46.3. The first kappa shape index (κ1) is 52.5. The molecule has 0 aliphatic carbocycles. The monoisotopic (exact) mass is 1120 g/mol. The molecule has 14 rings (SSSR count). The van der Waals surface area contributed by atoms with Gasteiger partial charge in [0.05, 0.1) is 115 Å². The summed E-state index contributed by atoms with van der Waals surface area (Å²) in [5, 5.41) is 75.2. The molecule has 11 aromatic carbocycles. The lowest BCUT2D eigenvalue weighted by atomic mass is 9.92. The van der Waals surface area contributed by atoms with Gasteiger partial charge in [0, 0.05) is 60.5 Å². The summed E-state index contributed by atoms with van der Waals surface area (Å²) >= 11 is 0. The smallest absolute Gasteiger partial charge is 0.164 e. The van der Waals surface area contributed by atoms with E-state index in [9.17, 15) is 36.8 Å². The Balaban J connectivity index is 1.09. The number of fused-ring (bicyclic) bond motifs is 6. The molecule has 0 unspecified atom stereocenters. The fourth-order valence-electron chi connectivity index (χ4n) is 12.1. The van der Waals surface area contributed by atoms with Crippen molar-refractivity contribution in [3.63, 3.8) is 0 Å². The molecule has 12 nitrogen and oxygen atoms in total. The second-order valence-electron chi connectivity index (χ2n) is 20.9. The van der Waals surface area contributed by atoms with Crippen LogP contribution >= 0.6 is 0 Å². The Labute approximate surface area is 503 Å². The van der Waals surface area contributed by atoms with Crippen molar-refractivity contribution in [2.24, 2.45) is 0 Å². The quantitative estimate of drug-likeness (QED) is 0.133. The zero-order chi connectivity index (χ0) is 60.0. The molecule has 0 aliphatic rings. The minimum atomic E-state index is 0.211. The predicted octanol–water partition coefficient (Wildman–Crippen LogP) is 16.8. The van der Waals surface area contributed by atoms with E-state index in [2.05, 4.69) is 106 Å². The van der Waals surface area contributed by atoms with E-state index >= 15 is 0 Å². The van der Waals surface area contributed by atoms with Crippen LogP contribution in [0.2, 0.25) is 0 Å². The molecule has 0 atom stereocenters. The summed E-state index contributed by atoms with van der Waals surface area (Å²) in [4.78, 5) is 15.5. The largest absolute Gasteiger partial charge is 0.309 e. The SMILES string of the molecule is N#Cc1cccc(-c2ccc(-n3c4ccccc4c4cc(-c5c(C#N)cc(C#N)cc5C#N)ccc43)c(-c3cc(-c4nc(-c5ccccc5)nc(-c5ccccc5)n4)ccc3-n3c4ccccc4c4cc(-c5c(C#N)cc(C#N)cc5C#N)ccc43)c2)c1. The molecule has 0 bridgehead atoms. The van der Waals surface area contributed by atoms with Gasteiger partial charge < -0.3 is 9.13 Å². The van der Waals surface area contributed by atoms with Crippen LogP contribution in [0.5, 0.6) is 0 Å². The van der Waals surface area contributed by atoms with Crippen LogP contribution in [0.25, 0.3) is 134 Å². The molecular formula is C76H38N12. The summed E-state index contributed by atoms with van der Waals surface area (Å²) in [6, 6.07) is 89.2. The maximum Gasteiger partial charge on any atom is 0.164 e. The maximum atomic E-state index is 10.5. The van der Waals surface area contributed by atoms with Gasteiger partial charge in [-0.3, -0.25) is 0 Å². The third-order valence-electron chi connectivity index (χ3n) is 16.0. The van der Waals surface area contributed by atoms with E-state index in [0.717, 1.165) is 88.4 Å². The molecule has 3 aromatic heterocycles. The highest BCUT2D eigenvalue weighted by Gasteiger charge is 2.25. The number of nitriles is 7. The molecule has 0 N–H and O–H groups in total. The maximum absolute atomic E-state index is 10.5. The van der Waals surface area contributed by atoms with Gasteiger partial charge in [-0.2, -0.15) is 36.8 Å². The van der Waals surface area contributed by atoms with E-state index in [1.807, 2.05) is 146 Å². The summed E-state index contributed by atoms with van der Waals surface area (Å²) in [6.45, 7) is 0. The minimum Gasteiger partial charge on any atom is -0.309 e. The molecule has 0 fully saturated rings. The molecule has 88 heavy (non-hydrogen) atoms. The second-order valence-corrected chi connectivity index (χ2v) is 20.9. The van der Waals surface area contributed by atoms with Gasteiger partial charge in [0.15, 0.2) is 17.5 Å². The van der Waals surface area contributed by atoms with Crippen molar-refractivity contribution in [1.82, 2.24) is 24.1 Å². The van der Waals surface area contributed by atoms with Crippen LogP contribution in [0.1, 0.15) is 38.9 Å². The highest BCUT2D eigenvalue weighted by Crippen LogP contribution is 2.46. The first-order valence-electron chi connectivity index (χ1n) is 27.8. The van der Waals surface area contributed by atoms with Gasteiger partial charge in [-0.25, -0.2) is 15.0 Å². The van der Waals surface area contributed by atoms with E-state index < -0.39 is 0 Å². The summed E-state index contributed by atoms with van der Waals surface area (Å²) in [6.07, 6.45) is 0. The van der Waals surface area contributed by atoms with Gasteiger partial charge in [0.2, 0.25) is 0 Å². The number of aromatic nitrogens is 5. The van der Waals surface area contributed by atoms with Crippen LogP contribution in [0.3, 0.4) is 0 Å². The molecule has 0 radical (unpaired) electrons. The van der Waals surface area contributed by atoms with Crippen LogP contribution in [-0.2, 0) is 0 Å². The van der Waals surface area contributed by atoms with Gasteiger partial charge in [-0.15, -0.1) is 0 Å². The Morgan fingerprint density at radius 3 is 1.06 bits per heavy atom. The van der Waals surface area contributed by atoms with E-state index in [1.54, 1.807) is 6.07 Å². The van der Waals surface area contributed by atoms with Crippen molar-refractivity contribution >= 4 is 43.6 Å². The average molecular weight is 1120 g/mol. The van der Waals surface area contributed by atoms with Crippen LogP contribution in [0.4, 0.5) is 0 Å². The topological polar surface area (TPSA) is 215 Å². The molecule has 0 amide bonds. The molecule has 12 heteroatoms. The van der Waals surface area contributed by atoms with Gasteiger partial charge in [0.25, 0.3) is 0 Å². The number of nitrogens with zero attached hydrogens (tertiary/aromatic N) is 12. The highest BCUT2D eigenvalue weighted by atomic mass is 15.0. The zero-order valence-electron chi connectivity index (χ0n) is 46.3. The van der Waals surface area contributed by atoms with Gasteiger partial charge in [-0.05, 0) is 125 Å². The van der Waals surface area contributed by atoms with Crippen LogP contribution in [-0.4, -0.2) is 24.1 Å². The van der Waals surface area contributed by atoms with Crippen LogP contribution in [0, 0.1) is 79.3 Å². The Morgan fingerprint density at radius 2 is 0.614 bits per heavy atom. The third kappa shape index (κ3) is 8.85. The predicted molar refractivity (Wildman–Crippen MR) is 340 cm³/mol. The molecule has 0 spiro atoms. The van der Waals surface area contributed by atoms with Crippen molar-refractivity contribution in [2.75, 3.05) is 0 Å². The summed E-state index contributed by atoms with van der Waals surface area (Å²) in [5.74, 6) is 1.41. The fourth-order valence-corrected chi connectivity index (χ4v) is 12.1. The van der Waals surface area contributed by atoms with Crippen molar-refractivity contribution in [2.45, 2.75) is 0 Å². The van der Waals surface area contributed by atoms with Crippen molar-refractivity contribution in [1.29, 1.82) is 36.8 Å². The van der Waals surface area contributed by atoms with Gasteiger partial charge >= 0.3 is 0 Å². The van der Waals surface area contributed by atoms with Crippen LogP contribution < -0.4 is 0 Å². The number of para-hydroxylation sites is 2. The molecule has 402 valence electrons. The van der Waals surface area contributed by atoms with Gasteiger partial charge in [0.1, 0.15) is 0 Å². The second kappa shape index (κ2) is 21.7. The Kier molecular flexibility index (Phi) is 12.9. The Bertz CT molecular complexity index is 5480. The standard InChI is InChI=1S/C76H38N12/c77-39-46-12-11-17-51(30-46)52-22-26-70(87-66-20-9-7-18-60(66)62-36-53(23-27-68(62)87)72-56(42-80)31-47(40-78)32-57(72)43-81)64(35-52)65-38-55(76-85-74(49-13-3-1-4-14-49)84-75(86-76)50-15-5-2-6-16-50)25-29-71(65)88-67-21-10-8-19-61(67)63-37-54(24-28-69(63)88)73-58(44-82)33-48(41-79)34-59(73)45-83/h1-38H. The van der Waals surface area contributed by atoms with E-state index in [0.29, 0.717) is 50.9 Å². The number of rotatable bonds is 9. The minimum absolute atomic E-state index is 0.211. The normalized spacial score (nSPS) is 10.9. The fraction of sp³-hybridized carbons (Fsp3) is 0. The molecular weight excluding hydrogens is 1080 g/mol. The lowest BCUT2D eigenvalue weighted by Crippen LogP contribution is -2.04. The third-order valence-corrected chi connectivity index (χ3v) is 16.0. The highest BCUT2D eigenvalue weighted by molar-refractivity contribution is 6.13. The number of benzene rings is 11. The summed E-state index contributed by atoms with van der Waals surface area (Å²) < 4.78 is 4.45. The van der Waals surface area contributed by atoms with Crippen molar-refractivity contribution in [3.05, 3.63) is 269 Å². The lowest BCUT2D eigenvalue weighted by molar-refractivity contribution is 1.07. The Hall–Kier alpha value is -13.5. The molecule has 0 saturated heterocycles. The molecule has 3 heterocycles. The molecule has 0 aliphatic heterocycles. The first-order chi connectivity index (χ1) is 43.3. The lowest BCUT2D eigenvalue weighted by Gasteiger charge is -2.21. The van der Waals surface area contributed by atoms with Gasteiger partial charge in [-0.1, -0.05) is 127 Å². The average Bonchev–Trinajstić information content (AvgIpc) is 1.58. The van der Waals surface area contributed by atoms with Crippen molar-refractivity contribution in [3.8, 4) is 133 Å².